The molecule has 2 heterocycles. The third kappa shape index (κ3) is 5.24. The van der Waals surface area contributed by atoms with Crippen molar-refractivity contribution in [2.24, 2.45) is 0 Å². The molecule has 0 N–H and O–H groups in total. The van der Waals surface area contributed by atoms with Gasteiger partial charge in [0.15, 0.2) is 0 Å². The number of benzene rings is 2. The molecule has 30 heavy (non-hydrogen) atoms. The molecule has 156 valence electrons. The van der Waals surface area contributed by atoms with E-state index in [-0.39, 0.29) is 23.9 Å². The Balaban J connectivity index is 1.34. The van der Waals surface area contributed by atoms with Crippen LogP contribution in [-0.4, -0.2) is 40.7 Å². The molecule has 0 saturated carbocycles. The van der Waals surface area contributed by atoms with E-state index >= 15 is 0 Å². The van der Waals surface area contributed by atoms with E-state index in [0.717, 1.165) is 30.9 Å². The Hall–Kier alpha value is -3.19. The largest absolute Gasteiger partial charge is 0.492 e. The standard InChI is InChI=1S/C23H24FN3O3/c24-19-5-3-18(4-6-19)16-30-22-15-23(28)27(17-25-22)20-7-9-21(10-8-20)29-14-13-26-11-1-2-12-26/h3-10,15,17H,1-2,11-14,16H2. The Kier molecular flexibility index (Phi) is 6.39. The lowest BCUT2D eigenvalue weighted by Gasteiger charge is -2.15. The molecule has 1 saturated heterocycles. The van der Waals surface area contributed by atoms with E-state index in [1.54, 1.807) is 12.1 Å². The van der Waals surface area contributed by atoms with Crippen LogP contribution in [0, 0.1) is 5.82 Å². The normalized spacial score (nSPS) is 14.0. The maximum Gasteiger partial charge on any atom is 0.261 e. The summed E-state index contributed by atoms with van der Waals surface area (Å²) in [4.78, 5) is 19.1. The van der Waals surface area contributed by atoms with E-state index in [2.05, 4.69) is 9.88 Å². The maximum absolute atomic E-state index is 13.0. The van der Waals surface area contributed by atoms with E-state index in [1.165, 1.54) is 41.9 Å². The molecule has 4 rings (SSSR count). The van der Waals surface area contributed by atoms with Gasteiger partial charge in [-0.15, -0.1) is 0 Å². The van der Waals surface area contributed by atoms with Crippen LogP contribution in [0.1, 0.15) is 18.4 Å². The number of nitrogens with zero attached hydrogens (tertiary/aromatic N) is 3. The van der Waals surface area contributed by atoms with Crippen molar-refractivity contribution in [1.29, 1.82) is 0 Å². The highest BCUT2D eigenvalue weighted by Crippen LogP contribution is 2.15. The molecule has 0 aliphatic carbocycles. The van der Waals surface area contributed by atoms with Gasteiger partial charge in [0.1, 0.15) is 31.1 Å². The Morgan fingerprint density at radius 1 is 0.967 bits per heavy atom. The summed E-state index contributed by atoms with van der Waals surface area (Å²) in [5.74, 6) is 0.697. The highest BCUT2D eigenvalue weighted by atomic mass is 19.1. The fourth-order valence-electron chi connectivity index (χ4n) is 3.40. The minimum absolute atomic E-state index is 0.209. The van der Waals surface area contributed by atoms with Crippen molar-refractivity contribution in [2.75, 3.05) is 26.2 Å². The summed E-state index contributed by atoms with van der Waals surface area (Å²) in [7, 11) is 0. The molecule has 1 aliphatic heterocycles. The molecule has 3 aromatic rings. The second kappa shape index (κ2) is 9.54. The molecule has 0 atom stereocenters. The molecule has 1 aliphatic rings. The zero-order chi connectivity index (χ0) is 20.8. The molecule has 0 bridgehead atoms. The monoisotopic (exact) mass is 409 g/mol. The SMILES string of the molecule is O=c1cc(OCc2ccc(F)cc2)ncn1-c1ccc(OCCN2CCCC2)cc1. The summed E-state index contributed by atoms with van der Waals surface area (Å²) in [5, 5.41) is 0. The van der Waals surface area contributed by atoms with Crippen molar-refractivity contribution >= 4 is 0 Å². The zero-order valence-electron chi connectivity index (χ0n) is 16.7. The van der Waals surface area contributed by atoms with Crippen molar-refractivity contribution < 1.29 is 13.9 Å². The van der Waals surface area contributed by atoms with Gasteiger partial charge in [-0.25, -0.2) is 9.37 Å². The highest BCUT2D eigenvalue weighted by Gasteiger charge is 2.11. The summed E-state index contributed by atoms with van der Waals surface area (Å²) in [6.07, 6.45) is 3.98. The van der Waals surface area contributed by atoms with Crippen LogP contribution >= 0.6 is 0 Å². The molecule has 0 spiro atoms. The number of halogens is 1. The van der Waals surface area contributed by atoms with Gasteiger partial charge in [0.05, 0.1) is 11.8 Å². The predicted molar refractivity (Wildman–Crippen MR) is 112 cm³/mol. The molecule has 0 unspecified atom stereocenters. The molecular weight excluding hydrogens is 385 g/mol. The molecule has 0 amide bonds. The van der Waals surface area contributed by atoms with E-state index < -0.39 is 0 Å². The lowest BCUT2D eigenvalue weighted by Crippen LogP contribution is -2.25. The van der Waals surface area contributed by atoms with Gasteiger partial charge < -0.3 is 9.47 Å². The van der Waals surface area contributed by atoms with Crippen LogP contribution in [0.15, 0.2) is 65.7 Å². The van der Waals surface area contributed by atoms with Crippen molar-refractivity contribution in [3.63, 3.8) is 0 Å². The third-order valence-electron chi connectivity index (χ3n) is 5.07. The van der Waals surface area contributed by atoms with Crippen molar-refractivity contribution in [3.05, 3.63) is 82.7 Å². The topological polar surface area (TPSA) is 56.6 Å². The first kappa shape index (κ1) is 20.1. The van der Waals surface area contributed by atoms with Crippen LogP contribution in [0.25, 0.3) is 5.69 Å². The average molecular weight is 409 g/mol. The predicted octanol–water partition coefficient (Wildman–Crippen LogP) is 3.43. The van der Waals surface area contributed by atoms with Crippen LogP contribution < -0.4 is 15.0 Å². The molecule has 0 radical (unpaired) electrons. The fourth-order valence-corrected chi connectivity index (χ4v) is 3.40. The van der Waals surface area contributed by atoms with Crippen LogP contribution in [-0.2, 0) is 6.61 Å². The lowest BCUT2D eigenvalue weighted by atomic mass is 10.2. The van der Waals surface area contributed by atoms with Gasteiger partial charge in [-0.3, -0.25) is 14.3 Å². The second-order valence-corrected chi connectivity index (χ2v) is 7.24. The van der Waals surface area contributed by atoms with Gasteiger partial charge in [0.2, 0.25) is 5.88 Å². The van der Waals surface area contributed by atoms with E-state index in [9.17, 15) is 9.18 Å². The van der Waals surface area contributed by atoms with Gasteiger partial charge in [-0.2, -0.15) is 0 Å². The highest BCUT2D eigenvalue weighted by molar-refractivity contribution is 5.37. The van der Waals surface area contributed by atoms with Gasteiger partial charge in [-0.1, -0.05) is 12.1 Å². The Bertz CT molecular complexity index is 1010. The number of hydrogen-bond donors (Lipinski definition) is 0. The van der Waals surface area contributed by atoms with Crippen molar-refractivity contribution in [3.8, 4) is 17.3 Å². The van der Waals surface area contributed by atoms with Crippen LogP contribution in [0.4, 0.5) is 4.39 Å². The Morgan fingerprint density at radius 3 is 2.40 bits per heavy atom. The average Bonchev–Trinajstić information content (AvgIpc) is 3.28. The van der Waals surface area contributed by atoms with Gasteiger partial charge >= 0.3 is 0 Å². The molecule has 6 nitrogen and oxygen atoms in total. The van der Waals surface area contributed by atoms with E-state index in [0.29, 0.717) is 12.3 Å². The molecule has 7 heteroatoms. The summed E-state index contributed by atoms with van der Waals surface area (Å²) in [6.45, 7) is 4.11. The van der Waals surface area contributed by atoms with Gasteiger partial charge in [0, 0.05) is 6.54 Å². The fraction of sp³-hybridized carbons (Fsp3) is 0.304. The molecule has 1 aromatic heterocycles. The number of ether oxygens (including phenoxy) is 2. The second-order valence-electron chi connectivity index (χ2n) is 7.24. The molecule has 2 aromatic carbocycles. The van der Waals surface area contributed by atoms with Gasteiger partial charge in [-0.05, 0) is 67.9 Å². The van der Waals surface area contributed by atoms with Crippen molar-refractivity contribution in [1.82, 2.24) is 14.5 Å². The number of likely N-dealkylation sites (tertiary alicyclic amines) is 1. The van der Waals surface area contributed by atoms with E-state index in [4.69, 9.17) is 9.47 Å². The first-order chi connectivity index (χ1) is 14.7. The van der Waals surface area contributed by atoms with Crippen LogP contribution in [0.2, 0.25) is 0 Å². The van der Waals surface area contributed by atoms with Crippen LogP contribution in [0.3, 0.4) is 0 Å². The minimum Gasteiger partial charge on any atom is -0.492 e. The Labute approximate surface area is 174 Å². The smallest absolute Gasteiger partial charge is 0.261 e. The molecular formula is C23H24FN3O3. The quantitative estimate of drug-likeness (QED) is 0.571. The summed E-state index contributed by atoms with van der Waals surface area (Å²) >= 11 is 0. The minimum atomic E-state index is -0.303. The first-order valence-electron chi connectivity index (χ1n) is 10.1. The van der Waals surface area contributed by atoms with Crippen LogP contribution in [0.5, 0.6) is 11.6 Å². The first-order valence-corrected chi connectivity index (χ1v) is 10.1. The summed E-state index contributed by atoms with van der Waals surface area (Å²) < 4.78 is 25.7. The lowest BCUT2D eigenvalue weighted by molar-refractivity contribution is 0.238. The molecule has 1 fully saturated rings. The number of aromatic nitrogens is 2. The summed E-state index contributed by atoms with van der Waals surface area (Å²) in [6, 6.07) is 14.7. The van der Waals surface area contributed by atoms with Crippen molar-refractivity contribution in [2.45, 2.75) is 19.4 Å². The number of rotatable bonds is 8. The summed E-state index contributed by atoms with van der Waals surface area (Å²) in [5.41, 5.74) is 1.24. The zero-order valence-corrected chi connectivity index (χ0v) is 16.7. The third-order valence-corrected chi connectivity index (χ3v) is 5.07. The maximum atomic E-state index is 13.0. The number of hydrogen-bond acceptors (Lipinski definition) is 5. The van der Waals surface area contributed by atoms with E-state index in [1.807, 2.05) is 24.3 Å². The Morgan fingerprint density at radius 2 is 1.70 bits per heavy atom. The van der Waals surface area contributed by atoms with Gasteiger partial charge in [0.25, 0.3) is 5.56 Å².